The van der Waals surface area contributed by atoms with Gasteiger partial charge in [-0.15, -0.1) is 0 Å². The summed E-state index contributed by atoms with van der Waals surface area (Å²) in [4.78, 5) is 0. The van der Waals surface area contributed by atoms with Crippen LogP contribution < -0.4 is 0 Å². The Morgan fingerprint density at radius 2 is 0.750 bits per heavy atom. The second-order valence-corrected chi connectivity index (χ2v) is 16.9. The van der Waals surface area contributed by atoms with Crippen molar-refractivity contribution >= 4 is 65.4 Å². The molecule has 0 saturated carbocycles. The molecule has 3 nitrogen and oxygen atoms in total. The van der Waals surface area contributed by atoms with Gasteiger partial charge >= 0.3 is 0 Å². The molecule has 1 aliphatic rings. The summed E-state index contributed by atoms with van der Waals surface area (Å²) in [5.74, 6) is 0. The molecular weight excluding hydrogens is 727 g/mol. The molecule has 1 aliphatic carbocycles. The molecule has 9 aromatic carbocycles. The highest BCUT2D eigenvalue weighted by Crippen LogP contribution is 2.54. The van der Waals surface area contributed by atoms with E-state index in [2.05, 4.69) is 228 Å². The SMILES string of the molecule is CC1(C)c2cc(-n3c4ccccc4c4cc(-c5ccc6c(c5)c5ccccc5n6-c5ccccc5)ccc43)ccc2-c2ccc3c(c21)c1ccccc1n3-c1ccccc1. The maximum Gasteiger partial charge on any atom is 0.0544 e. The van der Waals surface area contributed by atoms with Gasteiger partial charge < -0.3 is 13.7 Å². The molecule has 0 spiro atoms. The Kier molecular flexibility index (Phi) is 6.78. The smallest absolute Gasteiger partial charge is 0.0544 e. The number of aromatic nitrogens is 3. The molecule has 0 radical (unpaired) electrons. The molecule has 0 saturated heterocycles. The zero-order valence-corrected chi connectivity index (χ0v) is 33.4. The first kappa shape index (κ1) is 33.4. The molecule has 0 fully saturated rings. The fraction of sp³-hybridized carbons (Fsp3) is 0.0526. The van der Waals surface area contributed by atoms with Crippen LogP contribution in [0.2, 0.25) is 0 Å². The summed E-state index contributed by atoms with van der Waals surface area (Å²) in [6.45, 7) is 4.84. The van der Waals surface area contributed by atoms with Gasteiger partial charge in [0.1, 0.15) is 0 Å². The lowest BCUT2D eigenvalue weighted by atomic mass is 9.80. The van der Waals surface area contributed by atoms with Gasteiger partial charge in [0.15, 0.2) is 0 Å². The van der Waals surface area contributed by atoms with Crippen molar-refractivity contribution < 1.29 is 0 Å². The van der Waals surface area contributed by atoms with E-state index in [4.69, 9.17) is 0 Å². The first-order chi connectivity index (χ1) is 29.5. The van der Waals surface area contributed by atoms with Crippen molar-refractivity contribution in [2.45, 2.75) is 19.3 Å². The Morgan fingerprint density at radius 1 is 0.317 bits per heavy atom. The van der Waals surface area contributed by atoms with E-state index < -0.39 is 0 Å². The Balaban J connectivity index is 0.965. The molecule has 0 amide bonds. The van der Waals surface area contributed by atoms with Gasteiger partial charge in [-0.05, 0) is 118 Å². The van der Waals surface area contributed by atoms with Crippen LogP contribution in [0.15, 0.2) is 200 Å². The maximum atomic E-state index is 2.47. The van der Waals surface area contributed by atoms with E-state index in [-0.39, 0.29) is 5.41 Å². The van der Waals surface area contributed by atoms with Crippen LogP contribution in [-0.2, 0) is 5.41 Å². The van der Waals surface area contributed by atoms with Crippen molar-refractivity contribution in [1.82, 2.24) is 13.7 Å². The Morgan fingerprint density at radius 3 is 1.33 bits per heavy atom. The van der Waals surface area contributed by atoms with E-state index in [1.165, 1.54) is 116 Å². The summed E-state index contributed by atoms with van der Waals surface area (Å²) in [6, 6.07) is 73.9. The molecule has 0 unspecified atom stereocenters. The topological polar surface area (TPSA) is 14.8 Å². The average Bonchev–Trinajstić information content (AvgIpc) is 3.99. The highest BCUT2D eigenvalue weighted by molar-refractivity contribution is 6.15. The molecule has 12 aromatic rings. The summed E-state index contributed by atoms with van der Waals surface area (Å²) >= 11 is 0. The number of fused-ring (bicyclic) bond motifs is 13. The number of benzene rings is 9. The zero-order valence-electron chi connectivity index (χ0n) is 33.4. The van der Waals surface area contributed by atoms with Crippen LogP contribution in [0.5, 0.6) is 0 Å². The first-order valence-electron chi connectivity index (χ1n) is 20.9. The van der Waals surface area contributed by atoms with Crippen LogP contribution in [0, 0.1) is 0 Å². The highest BCUT2D eigenvalue weighted by Gasteiger charge is 2.38. The van der Waals surface area contributed by atoms with Gasteiger partial charge in [-0.1, -0.05) is 129 Å². The molecular formula is C57H39N3. The van der Waals surface area contributed by atoms with Crippen LogP contribution in [0.3, 0.4) is 0 Å². The third-order valence-corrected chi connectivity index (χ3v) is 13.4. The predicted octanol–water partition coefficient (Wildman–Crippen LogP) is 15.0. The summed E-state index contributed by atoms with van der Waals surface area (Å²) in [5.41, 5.74) is 18.5. The van der Waals surface area contributed by atoms with Gasteiger partial charge in [-0.2, -0.15) is 0 Å². The largest absolute Gasteiger partial charge is 0.309 e. The lowest BCUT2D eigenvalue weighted by Crippen LogP contribution is -2.16. The van der Waals surface area contributed by atoms with Gasteiger partial charge in [0.05, 0.1) is 33.1 Å². The first-order valence-corrected chi connectivity index (χ1v) is 20.9. The molecule has 3 aromatic heterocycles. The van der Waals surface area contributed by atoms with Crippen LogP contribution in [0.1, 0.15) is 25.0 Å². The van der Waals surface area contributed by atoms with E-state index in [1.807, 2.05) is 0 Å². The monoisotopic (exact) mass is 765 g/mol. The van der Waals surface area contributed by atoms with Gasteiger partial charge in [0.25, 0.3) is 0 Å². The fourth-order valence-electron chi connectivity index (χ4n) is 10.8. The second kappa shape index (κ2) is 12.2. The number of hydrogen-bond donors (Lipinski definition) is 0. The normalized spacial score (nSPS) is 13.3. The molecule has 0 bridgehead atoms. The third-order valence-electron chi connectivity index (χ3n) is 13.4. The lowest BCUT2D eigenvalue weighted by Gasteiger charge is -2.23. The van der Waals surface area contributed by atoms with Crippen LogP contribution in [-0.4, -0.2) is 13.7 Å². The molecule has 0 atom stereocenters. The summed E-state index contributed by atoms with van der Waals surface area (Å²) in [5, 5.41) is 7.69. The Labute approximate surface area is 347 Å². The predicted molar refractivity (Wildman–Crippen MR) is 252 cm³/mol. The van der Waals surface area contributed by atoms with Gasteiger partial charge in [-0.3, -0.25) is 0 Å². The van der Waals surface area contributed by atoms with Crippen molar-refractivity contribution in [2.75, 3.05) is 0 Å². The van der Waals surface area contributed by atoms with Crippen LogP contribution >= 0.6 is 0 Å². The minimum Gasteiger partial charge on any atom is -0.309 e. The molecule has 0 N–H and O–H groups in total. The van der Waals surface area contributed by atoms with E-state index in [0.717, 1.165) is 0 Å². The molecule has 3 heteroatoms. The quantitative estimate of drug-likeness (QED) is 0.169. The third kappa shape index (κ3) is 4.49. The van der Waals surface area contributed by atoms with E-state index in [9.17, 15) is 0 Å². The van der Waals surface area contributed by atoms with Gasteiger partial charge in [0.2, 0.25) is 0 Å². The second-order valence-electron chi connectivity index (χ2n) is 16.9. The number of rotatable bonds is 4. The molecule has 13 rings (SSSR count). The highest BCUT2D eigenvalue weighted by atomic mass is 15.0. The fourth-order valence-corrected chi connectivity index (χ4v) is 10.8. The van der Waals surface area contributed by atoms with Crippen molar-refractivity contribution in [3.05, 3.63) is 211 Å². The van der Waals surface area contributed by atoms with Crippen molar-refractivity contribution in [3.8, 4) is 39.3 Å². The van der Waals surface area contributed by atoms with Crippen molar-refractivity contribution in [2.24, 2.45) is 0 Å². The van der Waals surface area contributed by atoms with Crippen LogP contribution in [0.25, 0.3) is 105 Å². The molecule has 0 aliphatic heterocycles. The average molecular weight is 766 g/mol. The molecule has 3 heterocycles. The van der Waals surface area contributed by atoms with Crippen LogP contribution in [0.4, 0.5) is 0 Å². The van der Waals surface area contributed by atoms with E-state index in [0.29, 0.717) is 0 Å². The van der Waals surface area contributed by atoms with Crippen molar-refractivity contribution in [3.63, 3.8) is 0 Å². The Bertz CT molecular complexity index is 3730. The van der Waals surface area contributed by atoms with Crippen molar-refractivity contribution in [1.29, 1.82) is 0 Å². The number of nitrogens with zero attached hydrogens (tertiary/aromatic N) is 3. The summed E-state index contributed by atoms with van der Waals surface area (Å²) in [6.07, 6.45) is 0. The number of para-hydroxylation sites is 5. The summed E-state index contributed by atoms with van der Waals surface area (Å²) in [7, 11) is 0. The van der Waals surface area contributed by atoms with Gasteiger partial charge in [0, 0.05) is 54.8 Å². The molecule has 60 heavy (non-hydrogen) atoms. The zero-order chi connectivity index (χ0) is 39.7. The summed E-state index contributed by atoms with van der Waals surface area (Å²) < 4.78 is 7.29. The lowest BCUT2D eigenvalue weighted by molar-refractivity contribution is 0.666. The van der Waals surface area contributed by atoms with E-state index >= 15 is 0 Å². The molecule has 282 valence electrons. The minimum absolute atomic E-state index is 0.222. The van der Waals surface area contributed by atoms with E-state index in [1.54, 1.807) is 0 Å². The standard InChI is InChI=1S/C57H39N3/c1-57(2)48-35-40(27-28-41(48)44-29-32-54-55(56(44)57)45-21-11-14-24-51(45)59(54)39-17-7-4-8-18-39)60-50-23-13-10-20-43(50)47-34-37(26-31-53(47)60)36-25-30-52-46(33-36)42-19-9-12-22-49(42)58(52)38-15-5-3-6-16-38/h3-35H,1-2H3. The Hall–Kier alpha value is -7.62. The van der Waals surface area contributed by atoms with Gasteiger partial charge in [-0.25, -0.2) is 0 Å². The number of hydrogen-bond acceptors (Lipinski definition) is 0. The minimum atomic E-state index is -0.222. The maximum absolute atomic E-state index is 2.47.